The first kappa shape index (κ1) is 26.4. The average Bonchev–Trinajstić information content (AvgIpc) is 2.85. The van der Waals surface area contributed by atoms with E-state index < -0.39 is 29.9 Å². The summed E-state index contributed by atoms with van der Waals surface area (Å²) in [6.07, 6.45) is 5.30. The van der Waals surface area contributed by atoms with Crippen molar-refractivity contribution in [3.63, 3.8) is 0 Å². The molecule has 2 rings (SSSR count). The van der Waals surface area contributed by atoms with Crippen molar-refractivity contribution in [1.29, 1.82) is 0 Å². The normalized spacial score (nSPS) is 23.8. The van der Waals surface area contributed by atoms with E-state index >= 15 is 0 Å². The van der Waals surface area contributed by atoms with Gasteiger partial charge in [-0.25, -0.2) is 4.79 Å². The number of amides is 3. The Morgan fingerprint density at radius 2 is 1.84 bits per heavy atom. The van der Waals surface area contributed by atoms with E-state index in [2.05, 4.69) is 10.6 Å². The molecule has 184 valence electrons. The highest BCUT2D eigenvalue weighted by Crippen LogP contribution is 2.27. The van der Waals surface area contributed by atoms with Crippen LogP contribution in [0.4, 0.5) is 4.79 Å². The van der Waals surface area contributed by atoms with Gasteiger partial charge in [-0.15, -0.1) is 0 Å². The molecule has 2 fully saturated rings. The highest BCUT2D eigenvalue weighted by molar-refractivity contribution is 5.86. The van der Waals surface area contributed by atoms with Gasteiger partial charge in [0.2, 0.25) is 11.8 Å². The Morgan fingerprint density at radius 3 is 2.44 bits per heavy atom. The highest BCUT2D eigenvalue weighted by Gasteiger charge is 2.38. The number of aliphatic hydroxyl groups excluding tert-OH is 1. The van der Waals surface area contributed by atoms with E-state index in [1.807, 2.05) is 13.8 Å². The zero-order valence-corrected chi connectivity index (χ0v) is 20.5. The summed E-state index contributed by atoms with van der Waals surface area (Å²) < 4.78 is 5.41. The molecule has 0 bridgehead atoms. The number of alkyl carbamates (subject to hydrolysis) is 1. The van der Waals surface area contributed by atoms with Crippen molar-refractivity contribution >= 4 is 17.9 Å². The number of carbonyl (C=O) groups excluding carboxylic acids is 3. The smallest absolute Gasteiger partial charge is 0.408 e. The molecule has 0 spiro atoms. The predicted octanol–water partition coefficient (Wildman–Crippen LogP) is 2.97. The van der Waals surface area contributed by atoms with Gasteiger partial charge in [-0.1, -0.05) is 33.1 Å². The second-order valence-electron chi connectivity index (χ2n) is 10.8. The summed E-state index contributed by atoms with van der Waals surface area (Å²) in [5, 5.41) is 16.3. The lowest BCUT2D eigenvalue weighted by molar-refractivity contribution is -0.140. The van der Waals surface area contributed by atoms with Crippen LogP contribution >= 0.6 is 0 Å². The van der Waals surface area contributed by atoms with Gasteiger partial charge in [-0.05, 0) is 58.3 Å². The van der Waals surface area contributed by atoms with Gasteiger partial charge in [-0.3, -0.25) is 9.59 Å². The Kier molecular flexibility index (Phi) is 9.80. The second-order valence-corrected chi connectivity index (χ2v) is 10.8. The number of β-amino-alcohol motifs (C(OH)–C–C–N with tert-alkyl or cyclic N) is 1. The zero-order valence-electron chi connectivity index (χ0n) is 20.5. The SMILES string of the molecule is CC(C)CC(NC(=O)OC(C)(C)C)C(=O)N(CC1CCCCC1)C1CCC(=O)NC[C@@H]1O. The predicted molar refractivity (Wildman–Crippen MR) is 123 cm³/mol. The average molecular weight is 454 g/mol. The second kappa shape index (κ2) is 11.9. The third kappa shape index (κ3) is 8.60. The van der Waals surface area contributed by atoms with Crippen LogP contribution in [0, 0.1) is 11.8 Å². The summed E-state index contributed by atoms with van der Waals surface area (Å²) in [5.74, 6) is 0.238. The molecule has 1 heterocycles. The molecule has 8 heteroatoms. The first-order chi connectivity index (χ1) is 15.0. The van der Waals surface area contributed by atoms with Crippen LogP contribution in [0.3, 0.4) is 0 Å². The van der Waals surface area contributed by atoms with Gasteiger partial charge >= 0.3 is 6.09 Å². The van der Waals surface area contributed by atoms with E-state index in [0.29, 0.717) is 25.3 Å². The van der Waals surface area contributed by atoms with E-state index in [4.69, 9.17) is 4.74 Å². The quantitative estimate of drug-likeness (QED) is 0.549. The molecule has 0 aromatic rings. The van der Waals surface area contributed by atoms with Crippen LogP contribution in [-0.4, -0.2) is 64.8 Å². The molecule has 8 nitrogen and oxygen atoms in total. The van der Waals surface area contributed by atoms with Crippen LogP contribution < -0.4 is 10.6 Å². The topological polar surface area (TPSA) is 108 Å². The molecule has 3 atom stereocenters. The zero-order chi connectivity index (χ0) is 23.9. The van der Waals surface area contributed by atoms with E-state index in [1.165, 1.54) is 6.42 Å². The molecule has 1 aliphatic heterocycles. The Bertz CT molecular complexity index is 640. The molecule has 0 radical (unpaired) electrons. The van der Waals surface area contributed by atoms with Crippen molar-refractivity contribution < 1.29 is 24.2 Å². The van der Waals surface area contributed by atoms with Gasteiger partial charge in [0.25, 0.3) is 0 Å². The van der Waals surface area contributed by atoms with Crippen LogP contribution in [-0.2, 0) is 14.3 Å². The first-order valence-electron chi connectivity index (χ1n) is 12.2. The summed E-state index contributed by atoms with van der Waals surface area (Å²) in [4.78, 5) is 40.0. The molecule has 1 saturated carbocycles. The molecule has 0 aromatic heterocycles. The molecule has 3 N–H and O–H groups in total. The molecular weight excluding hydrogens is 410 g/mol. The third-order valence-corrected chi connectivity index (χ3v) is 6.18. The van der Waals surface area contributed by atoms with Gasteiger partial charge in [0, 0.05) is 19.5 Å². The van der Waals surface area contributed by atoms with Crippen LogP contribution in [0.15, 0.2) is 0 Å². The summed E-state index contributed by atoms with van der Waals surface area (Å²) in [6.45, 7) is 10.0. The molecule has 1 aliphatic carbocycles. The van der Waals surface area contributed by atoms with E-state index in [0.717, 1.165) is 25.7 Å². The highest BCUT2D eigenvalue weighted by atomic mass is 16.6. The van der Waals surface area contributed by atoms with Gasteiger partial charge in [0.05, 0.1) is 12.1 Å². The van der Waals surface area contributed by atoms with Gasteiger partial charge < -0.3 is 25.4 Å². The number of aliphatic hydroxyl groups is 1. The van der Waals surface area contributed by atoms with E-state index in [1.54, 1.807) is 25.7 Å². The Morgan fingerprint density at radius 1 is 1.19 bits per heavy atom. The van der Waals surface area contributed by atoms with Crippen LogP contribution in [0.5, 0.6) is 0 Å². The first-order valence-corrected chi connectivity index (χ1v) is 12.2. The van der Waals surface area contributed by atoms with Crippen LogP contribution in [0.1, 0.15) is 86.0 Å². The van der Waals surface area contributed by atoms with Crippen molar-refractivity contribution in [2.45, 2.75) is 110 Å². The standard InChI is InChI=1S/C24H43N3O5/c1-16(2)13-18(26-23(31)32-24(3,4)5)22(30)27(15-17-9-7-6-8-10-17)19-11-12-21(29)25-14-20(19)28/h16-20,28H,6-15H2,1-5H3,(H,25,29)(H,26,31)/t18?,19?,20-/m0/s1. The van der Waals surface area contributed by atoms with E-state index in [-0.39, 0.29) is 30.7 Å². The number of nitrogens with one attached hydrogen (secondary N) is 2. The van der Waals surface area contributed by atoms with Gasteiger partial charge in [-0.2, -0.15) is 0 Å². The summed E-state index contributed by atoms with van der Waals surface area (Å²) in [5.41, 5.74) is -0.666. The van der Waals surface area contributed by atoms with Crippen molar-refractivity contribution in [2.24, 2.45) is 11.8 Å². The monoisotopic (exact) mass is 453 g/mol. The van der Waals surface area contributed by atoms with Crippen molar-refractivity contribution in [1.82, 2.24) is 15.5 Å². The Balaban J connectivity index is 2.26. The number of carbonyl (C=O) groups is 3. The number of hydrogen-bond donors (Lipinski definition) is 3. The van der Waals surface area contributed by atoms with Gasteiger partial charge in [0.15, 0.2) is 0 Å². The Hall–Kier alpha value is -1.83. The molecule has 2 unspecified atom stereocenters. The minimum Gasteiger partial charge on any atom is -0.444 e. The maximum atomic E-state index is 13.8. The maximum Gasteiger partial charge on any atom is 0.408 e. The lowest BCUT2D eigenvalue weighted by Crippen LogP contribution is -2.57. The summed E-state index contributed by atoms with van der Waals surface area (Å²) in [7, 11) is 0. The third-order valence-electron chi connectivity index (χ3n) is 6.18. The molecule has 2 aliphatic rings. The van der Waals surface area contributed by atoms with Crippen LogP contribution in [0.25, 0.3) is 0 Å². The van der Waals surface area contributed by atoms with Crippen molar-refractivity contribution in [2.75, 3.05) is 13.1 Å². The number of ether oxygens (including phenoxy) is 1. The number of nitrogens with zero attached hydrogens (tertiary/aromatic N) is 1. The lowest BCUT2D eigenvalue weighted by Gasteiger charge is -2.39. The molecule has 0 aromatic carbocycles. The molecule has 1 saturated heterocycles. The van der Waals surface area contributed by atoms with Crippen LogP contribution in [0.2, 0.25) is 0 Å². The molecule has 32 heavy (non-hydrogen) atoms. The maximum absolute atomic E-state index is 13.8. The largest absolute Gasteiger partial charge is 0.444 e. The Labute approximate surface area is 192 Å². The summed E-state index contributed by atoms with van der Waals surface area (Å²) >= 11 is 0. The van der Waals surface area contributed by atoms with Gasteiger partial charge in [0.1, 0.15) is 11.6 Å². The molecule has 3 amide bonds. The van der Waals surface area contributed by atoms with Crippen molar-refractivity contribution in [3.8, 4) is 0 Å². The fourth-order valence-corrected chi connectivity index (χ4v) is 4.66. The fraction of sp³-hybridized carbons (Fsp3) is 0.875. The summed E-state index contributed by atoms with van der Waals surface area (Å²) in [6, 6.07) is -1.20. The minimum atomic E-state index is -0.838. The number of rotatable bonds is 7. The van der Waals surface area contributed by atoms with Crippen molar-refractivity contribution in [3.05, 3.63) is 0 Å². The molecular formula is C24H43N3O5. The fourth-order valence-electron chi connectivity index (χ4n) is 4.66. The number of hydrogen-bond acceptors (Lipinski definition) is 5. The van der Waals surface area contributed by atoms with E-state index in [9.17, 15) is 19.5 Å². The minimum absolute atomic E-state index is 0.109. The lowest BCUT2D eigenvalue weighted by atomic mass is 9.87.